The number of carbonyl (C=O) groups is 1. The maximum Gasteiger partial charge on any atom is 0.310 e. The molecule has 1 aromatic carbocycles. The number of hydrogen-bond acceptors (Lipinski definition) is 3. The summed E-state index contributed by atoms with van der Waals surface area (Å²) < 4.78 is 0.957. The van der Waals surface area contributed by atoms with E-state index in [9.17, 15) is 9.90 Å². The first-order valence-corrected chi connectivity index (χ1v) is 7.62. The summed E-state index contributed by atoms with van der Waals surface area (Å²) in [4.78, 5) is 16.8. The molecule has 0 saturated heterocycles. The van der Waals surface area contributed by atoms with Crippen LogP contribution in [0, 0.1) is 6.92 Å². The number of hydrogen-bond donors (Lipinski definition) is 1. The van der Waals surface area contributed by atoms with E-state index < -0.39 is 11.9 Å². The lowest BCUT2D eigenvalue weighted by atomic mass is 9.94. The van der Waals surface area contributed by atoms with Gasteiger partial charge in [0.2, 0.25) is 0 Å². The van der Waals surface area contributed by atoms with Crippen molar-refractivity contribution in [3.8, 4) is 0 Å². The van der Waals surface area contributed by atoms with Crippen LogP contribution in [-0.4, -0.2) is 16.1 Å². The zero-order valence-electron chi connectivity index (χ0n) is 10.5. The molecule has 1 aromatic heterocycles. The summed E-state index contributed by atoms with van der Waals surface area (Å²) in [6.07, 6.45) is 1.35. The molecule has 0 spiro atoms. The molecule has 0 fully saturated rings. The van der Waals surface area contributed by atoms with Crippen molar-refractivity contribution >= 4 is 33.2 Å². The van der Waals surface area contributed by atoms with E-state index in [1.807, 2.05) is 31.2 Å². The van der Waals surface area contributed by atoms with Gasteiger partial charge in [-0.3, -0.25) is 4.79 Å². The van der Waals surface area contributed by atoms with Gasteiger partial charge in [0.05, 0.1) is 17.1 Å². The number of thiazole rings is 1. The molecule has 1 atom stereocenters. The van der Waals surface area contributed by atoms with Crippen molar-refractivity contribution in [2.24, 2.45) is 0 Å². The molecule has 0 saturated carbocycles. The van der Waals surface area contributed by atoms with Gasteiger partial charge in [0.25, 0.3) is 0 Å². The first-order chi connectivity index (χ1) is 9.08. The number of nitrogens with zero attached hydrogens (tertiary/aromatic N) is 1. The molecule has 0 bridgehead atoms. The summed E-state index contributed by atoms with van der Waals surface area (Å²) in [6.45, 7) is 1.96. The number of benzene rings is 1. The van der Waals surface area contributed by atoms with Crippen LogP contribution in [0.4, 0.5) is 0 Å². The standard InChI is InChI=1S/C14H14BrNO2S/c1-9-13(19-8-16-9)7-6-12(14(17)18)10-2-4-11(15)5-3-10/h2-5,8,12H,6-7H2,1H3,(H,17,18). The van der Waals surface area contributed by atoms with Crippen LogP contribution < -0.4 is 0 Å². The monoisotopic (exact) mass is 339 g/mol. The van der Waals surface area contributed by atoms with E-state index in [4.69, 9.17) is 0 Å². The molecule has 0 aliphatic heterocycles. The Bertz CT molecular complexity index is 565. The van der Waals surface area contributed by atoms with Crippen LogP contribution >= 0.6 is 27.3 Å². The van der Waals surface area contributed by atoms with Gasteiger partial charge < -0.3 is 5.11 Å². The van der Waals surface area contributed by atoms with Crippen LogP contribution in [0.3, 0.4) is 0 Å². The van der Waals surface area contributed by atoms with E-state index in [0.29, 0.717) is 6.42 Å². The third-order valence-electron chi connectivity index (χ3n) is 3.08. The molecule has 0 amide bonds. The van der Waals surface area contributed by atoms with Crippen molar-refractivity contribution in [1.29, 1.82) is 0 Å². The number of aromatic nitrogens is 1. The number of rotatable bonds is 5. The third kappa shape index (κ3) is 3.64. The van der Waals surface area contributed by atoms with Gasteiger partial charge >= 0.3 is 5.97 Å². The Morgan fingerprint density at radius 1 is 1.42 bits per heavy atom. The van der Waals surface area contributed by atoms with Crippen molar-refractivity contribution < 1.29 is 9.90 Å². The van der Waals surface area contributed by atoms with Crippen LogP contribution in [-0.2, 0) is 11.2 Å². The predicted octanol–water partition coefficient (Wildman–Crippen LogP) is 4.02. The quantitative estimate of drug-likeness (QED) is 0.895. The van der Waals surface area contributed by atoms with Crippen molar-refractivity contribution in [2.45, 2.75) is 25.7 Å². The lowest BCUT2D eigenvalue weighted by Gasteiger charge is -2.12. The van der Waals surface area contributed by atoms with Crippen LogP contribution in [0.5, 0.6) is 0 Å². The minimum Gasteiger partial charge on any atom is -0.481 e. The highest BCUT2D eigenvalue weighted by molar-refractivity contribution is 9.10. The second-order valence-corrected chi connectivity index (χ2v) is 6.20. The normalized spacial score (nSPS) is 12.3. The molecule has 0 aliphatic rings. The molecule has 0 radical (unpaired) electrons. The van der Waals surface area contributed by atoms with Gasteiger partial charge in [-0.05, 0) is 37.5 Å². The Morgan fingerprint density at radius 2 is 2.11 bits per heavy atom. The van der Waals surface area contributed by atoms with E-state index >= 15 is 0 Å². The van der Waals surface area contributed by atoms with Gasteiger partial charge in [-0.1, -0.05) is 28.1 Å². The van der Waals surface area contributed by atoms with E-state index in [1.54, 1.807) is 16.8 Å². The molecule has 2 aromatic rings. The van der Waals surface area contributed by atoms with Gasteiger partial charge in [0.1, 0.15) is 0 Å². The summed E-state index contributed by atoms with van der Waals surface area (Å²) in [5.74, 6) is -1.24. The molecule has 100 valence electrons. The van der Waals surface area contributed by atoms with Crippen LogP contribution in [0.2, 0.25) is 0 Å². The SMILES string of the molecule is Cc1ncsc1CCC(C(=O)O)c1ccc(Br)cc1. The van der Waals surface area contributed by atoms with Crippen molar-refractivity contribution in [3.63, 3.8) is 0 Å². The van der Waals surface area contributed by atoms with E-state index in [2.05, 4.69) is 20.9 Å². The van der Waals surface area contributed by atoms with Gasteiger partial charge in [-0.25, -0.2) is 4.98 Å². The summed E-state index contributed by atoms with van der Waals surface area (Å²) in [5, 5.41) is 9.37. The molecular formula is C14H14BrNO2S. The molecule has 5 heteroatoms. The van der Waals surface area contributed by atoms with Gasteiger partial charge in [-0.15, -0.1) is 11.3 Å². The Labute approximate surface area is 124 Å². The summed E-state index contributed by atoms with van der Waals surface area (Å²) in [7, 11) is 0. The lowest BCUT2D eigenvalue weighted by Crippen LogP contribution is -2.12. The number of aliphatic carboxylic acids is 1. The minimum atomic E-state index is -0.774. The second-order valence-electron chi connectivity index (χ2n) is 4.34. The van der Waals surface area contributed by atoms with Crippen LogP contribution in [0.15, 0.2) is 34.2 Å². The summed E-state index contributed by atoms with van der Waals surface area (Å²) >= 11 is 4.95. The fourth-order valence-electron chi connectivity index (χ4n) is 1.97. The Balaban J connectivity index is 2.11. The fraction of sp³-hybridized carbons (Fsp3) is 0.286. The average Bonchev–Trinajstić information content (AvgIpc) is 2.77. The number of carboxylic acid groups (broad SMARTS) is 1. The fourth-order valence-corrected chi connectivity index (χ4v) is 3.03. The molecule has 1 unspecified atom stereocenters. The first-order valence-electron chi connectivity index (χ1n) is 5.95. The second kappa shape index (κ2) is 6.30. The highest BCUT2D eigenvalue weighted by Gasteiger charge is 2.20. The van der Waals surface area contributed by atoms with Gasteiger partial charge in [-0.2, -0.15) is 0 Å². The molecule has 19 heavy (non-hydrogen) atoms. The molecule has 1 N–H and O–H groups in total. The molecule has 2 rings (SSSR count). The third-order valence-corrected chi connectivity index (χ3v) is 4.60. The number of halogens is 1. The molecular weight excluding hydrogens is 326 g/mol. The lowest BCUT2D eigenvalue weighted by molar-refractivity contribution is -0.138. The zero-order chi connectivity index (χ0) is 13.8. The van der Waals surface area contributed by atoms with E-state index in [1.165, 1.54) is 4.88 Å². The predicted molar refractivity (Wildman–Crippen MR) is 79.7 cm³/mol. The maximum absolute atomic E-state index is 11.4. The van der Waals surface area contributed by atoms with Crippen molar-refractivity contribution in [1.82, 2.24) is 4.98 Å². The average molecular weight is 340 g/mol. The van der Waals surface area contributed by atoms with Gasteiger partial charge in [0, 0.05) is 9.35 Å². The van der Waals surface area contributed by atoms with E-state index in [-0.39, 0.29) is 0 Å². The molecule has 1 heterocycles. The highest BCUT2D eigenvalue weighted by atomic mass is 79.9. The summed E-state index contributed by atoms with van der Waals surface area (Å²) in [5.41, 5.74) is 3.66. The highest BCUT2D eigenvalue weighted by Crippen LogP contribution is 2.25. The van der Waals surface area contributed by atoms with Gasteiger partial charge in [0.15, 0.2) is 0 Å². The first kappa shape index (κ1) is 14.2. The largest absolute Gasteiger partial charge is 0.481 e. The molecule has 0 aliphatic carbocycles. The van der Waals surface area contributed by atoms with Crippen LogP contribution in [0.1, 0.15) is 28.5 Å². The van der Waals surface area contributed by atoms with Crippen molar-refractivity contribution in [3.05, 3.63) is 50.4 Å². The van der Waals surface area contributed by atoms with Crippen molar-refractivity contribution in [2.75, 3.05) is 0 Å². The Morgan fingerprint density at radius 3 is 2.63 bits per heavy atom. The van der Waals surface area contributed by atoms with Crippen LogP contribution in [0.25, 0.3) is 0 Å². The smallest absolute Gasteiger partial charge is 0.310 e. The molecule has 3 nitrogen and oxygen atoms in total. The minimum absolute atomic E-state index is 0.463. The number of aryl methyl sites for hydroxylation is 2. The van der Waals surface area contributed by atoms with E-state index in [0.717, 1.165) is 22.2 Å². The maximum atomic E-state index is 11.4. The Hall–Kier alpha value is -1.20. The summed E-state index contributed by atoms with van der Waals surface area (Å²) in [6, 6.07) is 7.48. The number of carboxylic acids is 1. The topological polar surface area (TPSA) is 50.2 Å². The Kier molecular flexibility index (Phi) is 4.71. The zero-order valence-corrected chi connectivity index (χ0v) is 12.9.